The highest BCUT2D eigenvalue weighted by Gasteiger charge is 2.24. The van der Waals surface area contributed by atoms with Crippen molar-refractivity contribution in [1.29, 1.82) is 0 Å². The van der Waals surface area contributed by atoms with E-state index >= 15 is 0 Å². The van der Waals surface area contributed by atoms with Crippen molar-refractivity contribution in [3.8, 4) is 0 Å². The van der Waals surface area contributed by atoms with Crippen molar-refractivity contribution in [1.82, 2.24) is 9.80 Å². The zero-order valence-corrected chi connectivity index (χ0v) is 12.2. The zero-order valence-electron chi connectivity index (χ0n) is 12.2. The smallest absolute Gasteiger partial charge is 0.0170 e. The normalized spacial score (nSPS) is 18.4. The Kier molecular flexibility index (Phi) is 6.45. The number of likely N-dealkylation sites (N-methyl/N-ethyl adjacent to an activating group) is 1. The Morgan fingerprint density at radius 3 is 2.24 bits per heavy atom. The van der Waals surface area contributed by atoms with Gasteiger partial charge in [0, 0.05) is 32.2 Å². The molecule has 0 unspecified atom stereocenters. The largest absolute Gasteiger partial charge is 0.327 e. The molecule has 0 radical (unpaired) electrons. The fraction of sp³-hybridized carbons (Fsp3) is 1.00. The molecular weight excluding hydrogens is 210 g/mol. The monoisotopic (exact) mass is 241 g/mol. The Morgan fingerprint density at radius 2 is 1.76 bits per heavy atom. The van der Waals surface area contributed by atoms with Crippen LogP contribution in [0.15, 0.2) is 0 Å². The molecule has 0 aliphatic heterocycles. The lowest BCUT2D eigenvalue weighted by Crippen LogP contribution is -2.42. The Labute approximate surface area is 107 Å². The molecule has 3 nitrogen and oxygen atoms in total. The van der Waals surface area contributed by atoms with Gasteiger partial charge in [0.05, 0.1) is 0 Å². The molecular formula is C14H31N3. The molecule has 0 amide bonds. The van der Waals surface area contributed by atoms with E-state index in [9.17, 15) is 0 Å². The van der Waals surface area contributed by atoms with Crippen molar-refractivity contribution in [2.24, 2.45) is 17.6 Å². The minimum atomic E-state index is 0.378. The first-order valence-corrected chi connectivity index (χ1v) is 7.10. The van der Waals surface area contributed by atoms with Crippen LogP contribution in [0.2, 0.25) is 0 Å². The topological polar surface area (TPSA) is 32.5 Å². The third-order valence-corrected chi connectivity index (χ3v) is 3.31. The van der Waals surface area contributed by atoms with Crippen molar-refractivity contribution in [2.45, 2.75) is 39.2 Å². The van der Waals surface area contributed by atoms with Gasteiger partial charge in [-0.2, -0.15) is 0 Å². The Morgan fingerprint density at radius 1 is 1.12 bits per heavy atom. The fourth-order valence-corrected chi connectivity index (χ4v) is 2.30. The van der Waals surface area contributed by atoms with Crippen LogP contribution in [0.5, 0.6) is 0 Å². The van der Waals surface area contributed by atoms with Gasteiger partial charge in [-0.15, -0.1) is 0 Å². The molecule has 1 atom stereocenters. The molecule has 0 spiro atoms. The molecule has 1 saturated carbocycles. The standard InChI is InChI=1S/C14H31N3/c1-12(2)10-17(8-7-16(3)4)11-14(15)9-13-5-6-13/h12-14H,5-11,15H2,1-4H3/t14-/m0/s1. The second kappa shape index (κ2) is 7.34. The first-order chi connectivity index (χ1) is 7.97. The van der Waals surface area contributed by atoms with Gasteiger partial charge in [-0.05, 0) is 32.4 Å². The van der Waals surface area contributed by atoms with Crippen molar-refractivity contribution in [2.75, 3.05) is 40.3 Å². The summed E-state index contributed by atoms with van der Waals surface area (Å²) in [5.41, 5.74) is 6.24. The third-order valence-electron chi connectivity index (χ3n) is 3.31. The average Bonchev–Trinajstić information content (AvgIpc) is 2.96. The molecule has 0 aromatic heterocycles. The second-order valence-electron chi connectivity index (χ2n) is 6.40. The van der Waals surface area contributed by atoms with Crippen LogP contribution in [-0.4, -0.2) is 56.1 Å². The number of hydrogen-bond acceptors (Lipinski definition) is 3. The van der Waals surface area contributed by atoms with Gasteiger partial charge in [-0.3, -0.25) is 0 Å². The second-order valence-corrected chi connectivity index (χ2v) is 6.40. The first-order valence-electron chi connectivity index (χ1n) is 7.10. The summed E-state index contributed by atoms with van der Waals surface area (Å²) >= 11 is 0. The predicted molar refractivity (Wildman–Crippen MR) is 75.1 cm³/mol. The van der Waals surface area contributed by atoms with Crippen molar-refractivity contribution in [3.63, 3.8) is 0 Å². The summed E-state index contributed by atoms with van der Waals surface area (Å²) in [5, 5.41) is 0. The average molecular weight is 241 g/mol. The quantitative estimate of drug-likeness (QED) is 0.666. The van der Waals surface area contributed by atoms with E-state index in [4.69, 9.17) is 5.73 Å². The lowest BCUT2D eigenvalue weighted by molar-refractivity contribution is 0.204. The number of hydrogen-bond donors (Lipinski definition) is 1. The van der Waals surface area contributed by atoms with E-state index in [1.165, 1.54) is 25.8 Å². The molecule has 102 valence electrons. The van der Waals surface area contributed by atoms with E-state index < -0.39 is 0 Å². The Hall–Kier alpha value is -0.120. The highest BCUT2D eigenvalue weighted by atomic mass is 15.2. The highest BCUT2D eigenvalue weighted by Crippen LogP contribution is 2.33. The Balaban J connectivity index is 2.26. The molecule has 0 heterocycles. The molecule has 0 aromatic carbocycles. The van der Waals surface area contributed by atoms with Gasteiger partial charge < -0.3 is 15.5 Å². The molecule has 1 fully saturated rings. The lowest BCUT2D eigenvalue weighted by atomic mass is 10.1. The molecule has 0 aromatic rings. The van der Waals surface area contributed by atoms with Crippen LogP contribution in [0.25, 0.3) is 0 Å². The Bertz CT molecular complexity index is 200. The summed E-state index contributed by atoms with van der Waals surface area (Å²) in [4.78, 5) is 4.79. The molecule has 1 aliphatic rings. The van der Waals surface area contributed by atoms with E-state index in [1.807, 2.05) is 0 Å². The third kappa shape index (κ3) is 7.74. The summed E-state index contributed by atoms with van der Waals surface area (Å²) < 4.78 is 0. The highest BCUT2D eigenvalue weighted by molar-refractivity contribution is 4.80. The summed E-state index contributed by atoms with van der Waals surface area (Å²) in [6, 6.07) is 0.378. The fourth-order valence-electron chi connectivity index (χ4n) is 2.30. The molecule has 1 aliphatic carbocycles. The molecule has 1 rings (SSSR count). The van der Waals surface area contributed by atoms with Gasteiger partial charge in [-0.25, -0.2) is 0 Å². The minimum Gasteiger partial charge on any atom is -0.327 e. The van der Waals surface area contributed by atoms with Crippen molar-refractivity contribution < 1.29 is 0 Å². The minimum absolute atomic E-state index is 0.378. The van der Waals surface area contributed by atoms with E-state index in [0.717, 1.165) is 31.5 Å². The van der Waals surface area contributed by atoms with Crippen LogP contribution in [0.4, 0.5) is 0 Å². The van der Waals surface area contributed by atoms with Gasteiger partial charge >= 0.3 is 0 Å². The summed E-state index contributed by atoms with van der Waals surface area (Å²) in [6.07, 6.45) is 4.06. The van der Waals surface area contributed by atoms with Crippen LogP contribution >= 0.6 is 0 Å². The summed E-state index contributed by atoms with van der Waals surface area (Å²) in [7, 11) is 4.27. The summed E-state index contributed by atoms with van der Waals surface area (Å²) in [6.45, 7) is 9.09. The maximum atomic E-state index is 6.24. The molecule has 17 heavy (non-hydrogen) atoms. The first kappa shape index (κ1) is 14.9. The molecule has 2 N–H and O–H groups in total. The van der Waals surface area contributed by atoms with Gasteiger partial charge in [0.2, 0.25) is 0 Å². The predicted octanol–water partition coefficient (Wildman–Crippen LogP) is 1.63. The van der Waals surface area contributed by atoms with E-state index in [-0.39, 0.29) is 0 Å². The molecule has 0 bridgehead atoms. The van der Waals surface area contributed by atoms with Crippen LogP contribution < -0.4 is 5.73 Å². The van der Waals surface area contributed by atoms with Gasteiger partial charge in [0.25, 0.3) is 0 Å². The van der Waals surface area contributed by atoms with Gasteiger partial charge in [0.15, 0.2) is 0 Å². The zero-order chi connectivity index (χ0) is 12.8. The van der Waals surface area contributed by atoms with Crippen LogP contribution in [0.3, 0.4) is 0 Å². The van der Waals surface area contributed by atoms with Crippen LogP contribution in [-0.2, 0) is 0 Å². The summed E-state index contributed by atoms with van der Waals surface area (Å²) in [5.74, 6) is 1.67. The van der Waals surface area contributed by atoms with Crippen molar-refractivity contribution >= 4 is 0 Å². The molecule has 3 heteroatoms. The number of rotatable bonds is 9. The van der Waals surface area contributed by atoms with E-state index in [1.54, 1.807) is 0 Å². The van der Waals surface area contributed by atoms with Gasteiger partial charge in [-0.1, -0.05) is 26.7 Å². The number of nitrogens with zero attached hydrogens (tertiary/aromatic N) is 2. The van der Waals surface area contributed by atoms with Crippen LogP contribution in [0, 0.1) is 11.8 Å². The maximum absolute atomic E-state index is 6.24. The van der Waals surface area contributed by atoms with E-state index in [0.29, 0.717) is 6.04 Å². The SMILES string of the molecule is CC(C)CN(CCN(C)C)C[C@@H](N)CC1CC1. The van der Waals surface area contributed by atoms with Crippen LogP contribution in [0.1, 0.15) is 33.1 Å². The lowest BCUT2D eigenvalue weighted by Gasteiger charge is -2.28. The molecule has 0 saturated heterocycles. The van der Waals surface area contributed by atoms with E-state index in [2.05, 4.69) is 37.7 Å². The maximum Gasteiger partial charge on any atom is 0.0170 e. The number of nitrogens with two attached hydrogens (primary N) is 1. The van der Waals surface area contributed by atoms with Gasteiger partial charge in [0.1, 0.15) is 0 Å². The van der Waals surface area contributed by atoms with Crippen molar-refractivity contribution in [3.05, 3.63) is 0 Å².